The summed E-state index contributed by atoms with van der Waals surface area (Å²) in [7, 11) is -3.11. The van der Waals surface area contributed by atoms with E-state index >= 15 is 0 Å². The summed E-state index contributed by atoms with van der Waals surface area (Å²) in [6.07, 6.45) is -3.48. The Balaban J connectivity index is 0.000000298. The van der Waals surface area contributed by atoms with Crippen molar-refractivity contribution in [1.82, 2.24) is 9.21 Å². The van der Waals surface area contributed by atoms with Gasteiger partial charge >= 0.3 is 12.1 Å². The number of carboxylic acids is 1. The van der Waals surface area contributed by atoms with Gasteiger partial charge in [-0.05, 0) is 31.9 Å². The fourth-order valence-electron chi connectivity index (χ4n) is 3.48. The van der Waals surface area contributed by atoms with Crippen molar-refractivity contribution in [3.63, 3.8) is 0 Å². The van der Waals surface area contributed by atoms with Gasteiger partial charge < -0.3 is 14.3 Å². The standard InChI is InChI=1S/C15H22N2O4S.C2HF3O2/c1-11-2-3-12(21-11)8-16-6-7-20-15-10-17(9-14(15)16)22(18,19)13-4-5-13;3-2(4,5)1(6)7/h2-3,13-15H,4-10H2,1H3;(H,6,7)/t14-,15+;/m1./s1. The molecule has 0 unspecified atom stereocenters. The number of aliphatic carboxylic acids is 1. The molecule has 8 nitrogen and oxygen atoms in total. The van der Waals surface area contributed by atoms with Crippen LogP contribution in [0.2, 0.25) is 0 Å². The quantitative estimate of drug-likeness (QED) is 0.759. The first-order valence-electron chi connectivity index (χ1n) is 9.18. The van der Waals surface area contributed by atoms with Gasteiger partial charge in [-0.15, -0.1) is 0 Å². The molecule has 1 N–H and O–H groups in total. The molecule has 0 aromatic carbocycles. The van der Waals surface area contributed by atoms with Crippen molar-refractivity contribution in [1.29, 1.82) is 0 Å². The summed E-state index contributed by atoms with van der Waals surface area (Å²) in [5.74, 6) is -0.918. The summed E-state index contributed by atoms with van der Waals surface area (Å²) >= 11 is 0. The summed E-state index contributed by atoms with van der Waals surface area (Å²) in [6.45, 7) is 5.16. The largest absolute Gasteiger partial charge is 0.490 e. The van der Waals surface area contributed by atoms with Crippen molar-refractivity contribution in [2.75, 3.05) is 26.2 Å². The van der Waals surface area contributed by atoms with Gasteiger partial charge in [0.25, 0.3) is 0 Å². The second kappa shape index (κ2) is 8.25. The molecule has 0 spiro atoms. The van der Waals surface area contributed by atoms with Gasteiger partial charge in [0.15, 0.2) is 0 Å². The lowest BCUT2D eigenvalue weighted by molar-refractivity contribution is -0.192. The van der Waals surface area contributed by atoms with E-state index in [0.717, 1.165) is 37.5 Å². The second-order valence-corrected chi connectivity index (χ2v) is 9.54. The van der Waals surface area contributed by atoms with Crippen LogP contribution in [0.1, 0.15) is 24.4 Å². The van der Waals surface area contributed by atoms with Crippen LogP contribution in [0.25, 0.3) is 0 Å². The number of carbonyl (C=O) groups is 1. The minimum Gasteiger partial charge on any atom is -0.475 e. The first kappa shape index (κ1) is 22.1. The third-order valence-electron chi connectivity index (χ3n) is 5.09. The van der Waals surface area contributed by atoms with Gasteiger partial charge in [-0.3, -0.25) is 4.90 Å². The number of aryl methyl sites for hydroxylation is 1. The Kier molecular flexibility index (Phi) is 6.27. The zero-order valence-electron chi connectivity index (χ0n) is 15.8. The van der Waals surface area contributed by atoms with Gasteiger partial charge in [0.1, 0.15) is 11.5 Å². The maximum atomic E-state index is 12.4. The van der Waals surface area contributed by atoms with Crippen LogP contribution in [0, 0.1) is 6.92 Å². The number of hydrogen-bond acceptors (Lipinski definition) is 6. The monoisotopic (exact) mass is 440 g/mol. The van der Waals surface area contributed by atoms with E-state index in [9.17, 15) is 21.6 Å². The Bertz CT molecular complexity index is 836. The molecule has 164 valence electrons. The molecule has 1 aromatic heterocycles. The lowest BCUT2D eigenvalue weighted by Gasteiger charge is -2.36. The lowest BCUT2D eigenvalue weighted by Crippen LogP contribution is -2.50. The van der Waals surface area contributed by atoms with Gasteiger partial charge in [-0.2, -0.15) is 17.5 Å². The summed E-state index contributed by atoms with van der Waals surface area (Å²) in [6, 6.07) is 4.09. The highest BCUT2D eigenvalue weighted by atomic mass is 32.2. The molecule has 3 heterocycles. The molecule has 0 bridgehead atoms. The normalized spacial score (nSPS) is 25.9. The molecule has 12 heteroatoms. The molecular formula is C17H23F3N2O6S. The van der Waals surface area contributed by atoms with Crippen molar-refractivity contribution < 1.29 is 40.6 Å². The van der Waals surface area contributed by atoms with E-state index in [4.69, 9.17) is 19.1 Å². The van der Waals surface area contributed by atoms with Crippen LogP contribution in [0.15, 0.2) is 16.5 Å². The summed E-state index contributed by atoms with van der Waals surface area (Å²) < 4.78 is 69.7. The van der Waals surface area contributed by atoms with Crippen LogP contribution in [-0.4, -0.2) is 78.5 Å². The predicted molar refractivity (Wildman–Crippen MR) is 94.6 cm³/mol. The Morgan fingerprint density at radius 3 is 2.45 bits per heavy atom. The Morgan fingerprint density at radius 2 is 1.93 bits per heavy atom. The third-order valence-corrected chi connectivity index (χ3v) is 7.42. The number of nitrogens with zero attached hydrogens (tertiary/aromatic N) is 2. The van der Waals surface area contributed by atoms with Gasteiger partial charge in [-0.25, -0.2) is 13.2 Å². The molecule has 2 saturated heterocycles. The Morgan fingerprint density at radius 1 is 1.28 bits per heavy atom. The molecule has 3 aliphatic rings. The van der Waals surface area contributed by atoms with Gasteiger partial charge in [0.05, 0.1) is 30.5 Å². The first-order valence-corrected chi connectivity index (χ1v) is 10.7. The predicted octanol–water partition coefficient (Wildman–Crippen LogP) is 1.60. The number of sulfonamides is 1. The van der Waals surface area contributed by atoms with Crippen molar-refractivity contribution in [2.24, 2.45) is 0 Å². The van der Waals surface area contributed by atoms with E-state index in [1.807, 2.05) is 19.1 Å². The van der Waals surface area contributed by atoms with E-state index in [2.05, 4.69) is 4.90 Å². The maximum Gasteiger partial charge on any atom is 0.490 e. The summed E-state index contributed by atoms with van der Waals surface area (Å²) in [5, 5.41) is 6.98. The van der Waals surface area contributed by atoms with E-state index in [-0.39, 0.29) is 17.4 Å². The number of fused-ring (bicyclic) bond motifs is 1. The number of hydrogen-bond donors (Lipinski definition) is 1. The van der Waals surface area contributed by atoms with Crippen LogP contribution < -0.4 is 0 Å². The van der Waals surface area contributed by atoms with E-state index in [1.165, 1.54) is 0 Å². The summed E-state index contributed by atoms with van der Waals surface area (Å²) in [4.78, 5) is 11.2. The Labute approximate surface area is 166 Å². The average Bonchev–Trinajstić information content (AvgIpc) is 3.27. The topological polar surface area (TPSA) is 100 Å². The number of furan rings is 1. The number of rotatable bonds is 4. The molecular weight excluding hydrogens is 417 g/mol. The molecule has 0 radical (unpaired) electrons. The SMILES string of the molecule is Cc1ccc(CN2CCO[C@H]3CN(S(=O)(=O)C4CC4)C[C@H]32)o1.O=C(O)C(F)(F)F. The number of carboxylic acid groups (broad SMARTS) is 1. The van der Waals surface area contributed by atoms with Crippen LogP contribution in [0.5, 0.6) is 0 Å². The van der Waals surface area contributed by atoms with Gasteiger partial charge in [0.2, 0.25) is 10.0 Å². The molecule has 2 atom stereocenters. The van der Waals surface area contributed by atoms with Crippen LogP contribution in [0.4, 0.5) is 13.2 Å². The number of halogens is 3. The number of ether oxygens (including phenoxy) is 1. The van der Waals surface area contributed by atoms with Crippen molar-refractivity contribution in [2.45, 2.75) is 49.9 Å². The second-order valence-electron chi connectivity index (χ2n) is 7.32. The molecule has 29 heavy (non-hydrogen) atoms. The molecule has 0 amide bonds. The van der Waals surface area contributed by atoms with Crippen molar-refractivity contribution >= 4 is 16.0 Å². The fraction of sp³-hybridized carbons (Fsp3) is 0.706. The van der Waals surface area contributed by atoms with Gasteiger partial charge in [-0.1, -0.05) is 0 Å². The van der Waals surface area contributed by atoms with E-state index in [1.54, 1.807) is 4.31 Å². The molecule has 1 saturated carbocycles. The minimum absolute atomic E-state index is 0.0154. The fourth-order valence-corrected chi connectivity index (χ4v) is 5.34. The Hall–Kier alpha value is -1.63. The number of morpholine rings is 1. The van der Waals surface area contributed by atoms with Crippen LogP contribution in [-0.2, 0) is 26.1 Å². The highest BCUT2D eigenvalue weighted by Gasteiger charge is 2.48. The zero-order valence-corrected chi connectivity index (χ0v) is 16.6. The zero-order chi connectivity index (χ0) is 21.4. The van der Waals surface area contributed by atoms with Gasteiger partial charge in [0, 0.05) is 19.6 Å². The molecule has 1 aliphatic carbocycles. The lowest BCUT2D eigenvalue weighted by atomic mass is 10.1. The third kappa shape index (κ3) is 5.30. The highest BCUT2D eigenvalue weighted by molar-refractivity contribution is 7.90. The first-order chi connectivity index (χ1) is 13.5. The minimum atomic E-state index is -5.08. The van der Waals surface area contributed by atoms with Crippen molar-refractivity contribution in [3.05, 3.63) is 23.7 Å². The molecule has 4 rings (SSSR count). The van der Waals surface area contributed by atoms with Crippen LogP contribution in [0.3, 0.4) is 0 Å². The molecule has 3 fully saturated rings. The smallest absolute Gasteiger partial charge is 0.475 e. The molecule has 2 aliphatic heterocycles. The average molecular weight is 440 g/mol. The highest BCUT2D eigenvalue weighted by Crippen LogP contribution is 2.35. The maximum absolute atomic E-state index is 12.4. The van der Waals surface area contributed by atoms with Crippen molar-refractivity contribution in [3.8, 4) is 0 Å². The van der Waals surface area contributed by atoms with E-state index < -0.39 is 22.2 Å². The number of alkyl halides is 3. The summed E-state index contributed by atoms with van der Waals surface area (Å²) in [5.41, 5.74) is 0. The molecule has 1 aromatic rings. The van der Waals surface area contributed by atoms with Crippen LogP contribution >= 0.6 is 0 Å². The van der Waals surface area contributed by atoms with E-state index in [0.29, 0.717) is 19.7 Å².